The van der Waals surface area contributed by atoms with Gasteiger partial charge in [-0.2, -0.15) is 0 Å². The van der Waals surface area contributed by atoms with Crippen LogP contribution in [0.1, 0.15) is 31.2 Å². The summed E-state index contributed by atoms with van der Waals surface area (Å²) in [5.74, 6) is 1.67. The molecular formula is C14H18O. The lowest BCUT2D eigenvalue weighted by molar-refractivity contribution is -0.0597. The van der Waals surface area contributed by atoms with Crippen LogP contribution in [0.15, 0.2) is 30.3 Å². The van der Waals surface area contributed by atoms with Crippen LogP contribution in [-0.4, -0.2) is 7.11 Å². The molecule has 2 bridgehead atoms. The highest BCUT2D eigenvalue weighted by Crippen LogP contribution is 2.57. The second kappa shape index (κ2) is 3.34. The van der Waals surface area contributed by atoms with Crippen LogP contribution in [0.3, 0.4) is 0 Å². The number of hydrogen-bond donors (Lipinski definition) is 0. The van der Waals surface area contributed by atoms with Crippen LogP contribution in [0.5, 0.6) is 0 Å². The van der Waals surface area contributed by atoms with Crippen LogP contribution < -0.4 is 0 Å². The maximum atomic E-state index is 5.92. The molecule has 0 N–H and O–H groups in total. The third-order valence-electron chi connectivity index (χ3n) is 4.42. The fourth-order valence-corrected chi connectivity index (χ4v) is 3.72. The highest BCUT2D eigenvalue weighted by Gasteiger charge is 2.52. The minimum Gasteiger partial charge on any atom is -0.373 e. The Hall–Kier alpha value is -0.820. The molecule has 0 aliphatic heterocycles. The van der Waals surface area contributed by atoms with Crippen molar-refractivity contribution in [2.45, 2.75) is 31.3 Å². The van der Waals surface area contributed by atoms with E-state index in [0.717, 1.165) is 11.8 Å². The number of hydrogen-bond acceptors (Lipinski definition) is 1. The fraction of sp³-hybridized carbons (Fsp3) is 0.571. The van der Waals surface area contributed by atoms with E-state index in [1.54, 1.807) is 0 Å². The normalized spacial score (nSPS) is 38.5. The number of ether oxygens (including phenoxy) is 1. The molecule has 3 atom stereocenters. The monoisotopic (exact) mass is 202 g/mol. The highest BCUT2D eigenvalue weighted by molar-refractivity contribution is 5.26. The van der Waals surface area contributed by atoms with Gasteiger partial charge in [0.2, 0.25) is 0 Å². The van der Waals surface area contributed by atoms with Gasteiger partial charge in [-0.25, -0.2) is 0 Å². The molecule has 1 heteroatoms. The SMILES string of the molecule is COC1(c2ccccc2)CC2CCC1C2. The molecule has 0 spiro atoms. The second-order valence-corrected chi connectivity index (χ2v) is 5.04. The van der Waals surface area contributed by atoms with E-state index in [2.05, 4.69) is 30.3 Å². The Morgan fingerprint density at radius 3 is 2.53 bits per heavy atom. The summed E-state index contributed by atoms with van der Waals surface area (Å²) in [6.07, 6.45) is 5.39. The average Bonchev–Trinajstić information content (AvgIpc) is 2.90. The first-order valence-corrected chi connectivity index (χ1v) is 5.96. The summed E-state index contributed by atoms with van der Waals surface area (Å²) in [5.41, 5.74) is 1.43. The van der Waals surface area contributed by atoms with Gasteiger partial charge in [0.25, 0.3) is 0 Å². The largest absolute Gasteiger partial charge is 0.373 e. The van der Waals surface area contributed by atoms with Crippen molar-refractivity contribution in [1.82, 2.24) is 0 Å². The van der Waals surface area contributed by atoms with E-state index in [9.17, 15) is 0 Å². The lowest BCUT2D eigenvalue weighted by Crippen LogP contribution is -2.34. The molecule has 2 saturated carbocycles. The van der Waals surface area contributed by atoms with E-state index in [1.165, 1.54) is 31.2 Å². The molecule has 1 aromatic rings. The van der Waals surface area contributed by atoms with Gasteiger partial charge in [-0.15, -0.1) is 0 Å². The maximum absolute atomic E-state index is 5.92. The van der Waals surface area contributed by atoms with Crippen LogP contribution in [0.2, 0.25) is 0 Å². The van der Waals surface area contributed by atoms with E-state index >= 15 is 0 Å². The summed E-state index contributed by atoms with van der Waals surface area (Å²) in [6.45, 7) is 0. The van der Waals surface area contributed by atoms with Crippen LogP contribution in [-0.2, 0) is 10.3 Å². The summed E-state index contributed by atoms with van der Waals surface area (Å²) >= 11 is 0. The second-order valence-electron chi connectivity index (χ2n) is 5.04. The van der Waals surface area contributed by atoms with Gasteiger partial charge in [0.15, 0.2) is 0 Å². The zero-order valence-corrected chi connectivity index (χ0v) is 9.28. The first kappa shape index (κ1) is 9.41. The topological polar surface area (TPSA) is 9.23 Å². The van der Waals surface area contributed by atoms with E-state index < -0.39 is 0 Å². The molecule has 2 aliphatic carbocycles. The van der Waals surface area contributed by atoms with Gasteiger partial charge in [-0.1, -0.05) is 30.3 Å². The molecule has 2 fully saturated rings. The molecule has 80 valence electrons. The summed E-state index contributed by atoms with van der Waals surface area (Å²) in [7, 11) is 1.88. The molecule has 1 aromatic carbocycles. The van der Waals surface area contributed by atoms with Gasteiger partial charge in [0, 0.05) is 7.11 Å². The van der Waals surface area contributed by atoms with Crippen LogP contribution in [0.25, 0.3) is 0 Å². The Labute approximate surface area is 91.5 Å². The molecule has 0 amide bonds. The zero-order valence-electron chi connectivity index (χ0n) is 9.28. The van der Waals surface area contributed by atoms with Crippen molar-refractivity contribution >= 4 is 0 Å². The van der Waals surface area contributed by atoms with E-state index in [0.29, 0.717) is 0 Å². The number of rotatable bonds is 2. The molecule has 0 saturated heterocycles. The fourth-order valence-electron chi connectivity index (χ4n) is 3.72. The van der Waals surface area contributed by atoms with Crippen molar-refractivity contribution in [3.63, 3.8) is 0 Å². The lowest BCUT2D eigenvalue weighted by atomic mass is 9.79. The van der Waals surface area contributed by atoms with Crippen LogP contribution in [0.4, 0.5) is 0 Å². The van der Waals surface area contributed by atoms with Crippen molar-refractivity contribution in [2.75, 3.05) is 7.11 Å². The van der Waals surface area contributed by atoms with Crippen LogP contribution >= 0.6 is 0 Å². The standard InChI is InChI=1S/C14H18O/c1-15-14(12-5-3-2-4-6-12)10-11-7-8-13(14)9-11/h2-6,11,13H,7-10H2,1H3. The Kier molecular flexibility index (Phi) is 2.10. The van der Waals surface area contributed by atoms with Crippen molar-refractivity contribution in [3.05, 3.63) is 35.9 Å². The van der Waals surface area contributed by atoms with Crippen molar-refractivity contribution in [3.8, 4) is 0 Å². The van der Waals surface area contributed by atoms with Gasteiger partial charge in [-0.3, -0.25) is 0 Å². The first-order valence-electron chi connectivity index (χ1n) is 5.96. The van der Waals surface area contributed by atoms with Gasteiger partial charge in [-0.05, 0) is 43.1 Å². The first-order chi connectivity index (χ1) is 7.35. The molecule has 3 rings (SSSR count). The summed E-state index contributed by atoms with van der Waals surface area (Å²) in [5, 5.41) is 0. The maximum Gasteiger partial charge on any atom is 0.0958 e. The van der Waals surface area contributed by atoms with Crippen molar-refractivity contribution in [2.24, 2.45) is 11.8 Å². The molecule has 1 nitrogen and oxygen atoms in total. The molecule has 15 heavy (non-hydrogen) atoms. The smallest absolute Gasteiger partial charge is 0.0958 e. The average molecular weight is 202 g/mol. The quantitative estimate of drug-likeness (QED) is 0.714. The molecule has 3 unspecified atom stereocenters. The number of methoxy groups -OCH3 is 1. The summed E-state index contributed by atoms with van der Waals surface area (Å²) in [4.78, 5) is 0. The van der Waals surface area contributed by atoms with Crippen molar-refractivity contribution in [1.29, 1.82) is 0 Å². The highest BCUT2D eigenvalue weighted by atomic mass is 16.5. The van der Waals surface area contributed by atoms with Crippen molar-refractivity contribution < 1.29 is 4.74 Å². The van der Waals surface area contributed by atoms with Gasteiger partial charge in [0.1, 0.15) is 0 Å². The summed E-state index contributed by atoms with van der Waals surface area (Å²) in [6, 6.07) is 10.8. The van der Waals surface area contributed by atoms with Gasteiger partial charge >= 0.3 is 0 Å². The third kappa shape index (κ3) is 1.26. The van der Waals surface area contributed by atoms with Gasteiger partial charge < -0.3 is 4.74 Å². The minimum absolute atomic E-state index is 0.0458. The molecular weight excluding hydrogens is 184 g/mol. The predicted octanol–water partition coefficient (Wildman–Crippen LogP) is 3.35. The molecule has 0 radical (unpaired) electrons. The predicted molar refractivity (Wildman–Crippen MR) is 60.6 cm³/mol. The third-order valence-corrected chi connectivity index (χ3v) is 4.42. The minimum atomic E-state index is 0.0458. The Morgan fingerprint density at radius 2 is 2.00 bits per heavy atom. The Morgan fingerprint density at radius 1 is 1.20 bits per heavy atom. The molecule has 0 heterocycles. The number of benzene rings is 1. The summed E-state index contributed by atoms with van der Waals surface area (Å²) < 4.78 is 5.92. The molecule has 2 aliphatic rings. The van der Waals surface area contributed by atoms with E-state index in [1.807, 2.05) is 7.11 Å². The van der Waals surface area contributed by atoms with E-state index in [-0.39, 0.29) is 5.60 Å². The van der Waals surface area contributed by atoms with E-state index in [4.69, 9.17) is 4.74 Å². The lowest BCUT2D eigenvalue weighted by Gasteiger charge is -2.37. The van der Waals surface area contributed by atoms with Gasteiger partial charge in [0.05, 0.1) is 5.60 Å². The number of fused-ring (bicyclic) bond motifs is 2. The van der Waals surface area contributed by atoms with Crippen LogP contribution in [0, 0.1) is 11.8 Å². The Balaban J connectivity index is 2.01. The molecule has 0 aromatic heterocycles. The zero-order chi connectivity index (χ0) is 10.3. The Bertz CT molecular complexity index is 346.